The normalized spacial score (nSPS) is 16.1. The molecule has 0 fully saturated rings. The summed E-state index contributed by atoms with van der Waals surface area (Å²) in [6, 6.07) is 1.94. The van der Waals surface area contributed by atoms with Crippen molar-refractivity contribution >= 4 is 17.8 Å². The summed E-state index contributed by atoms with van der Waals surface area (Å²) in [5.41, 5.74) is 1.98. The Hall–Kier alpha value is -1.58. The third-order valence-electron chi connectivity index (χ3n) is 2.52. The van der Waals surface area contributed by atoms with Crippen LogP contribution in [0.15, 0.2) is 18.5 Å². The number of hydrogen-bond donors (Lipinski definition) is 0. The molecular formula is C10H13N3O. The molecule has 1 aromatic heterocycles. The second-order valence-corrected chi connectivity index (χ2v) is 3.44. The molecule has 0 bridgehead atoms. The summed E-state index contributed by atoms with van der Waals surface area (Å²) in [6.07, 6.45) is 5.36. The second-order valence-electron chi connectivity index (χ2n) is 3.44. The molecule has 0 spiro atoms. The van der Waals surface area contributed by atoms with E-state index in [-0.39, 0.29) is 0 Å². The van der Waals surface area contributed by atoms with Gasteiger partial charge in [0.1, 0.15) is 0 Å². The van der Waals surface area contributed by atoms with E-state index in [2.05, 4.69) is 9.88 Å². The Morgan fingerprint density at radius 3 is 3.07 bits per heavy atom. The minimum Gasteiger partial charge on any atom is -0.373 e. The van der Waals surface area contributed by atoms with Gasteiger partial charge in [0.2, 0.25) is 6.41 Å². The molecule has 4 nitrogen and oxygen atoms in total. The summed E-state index contributed by atoms with van der Waals surface area (Å²) in [4.78, 5) is 18.8. The Kier molecular flexibility index (Phi) is 2.35. The van der Waals surface area contributed by atoms with Gasteiger partial charge in [0.15, 0.2) is 0 Å². The maximum atomic E-state index is 10.9. The van der Waals surface area contributed by atoms with Gasteiger partial charge in [-0.25, -0.2) is 0 Å². The van der Waals surface area contributed by atoms with Crippen molar-refractivity contribution in [2.24, 2.45) is 0 Å². The predicted octanol–water partition coefficient (Wildman–Crippen LogP) is 0.884. The van der Waals surface area contributed by atoms with Crippen LogP contribution in [0.25, 0.3) is 0 Å². The van der Waals surface area contributed by atoms with Crippen molar-refractivity contribution in [3.05, 3.63) is 18.5 Å². The van der Waals surface area contributed by atoms with Crippen LogP contribution in [0.5, 0.6) is 0 Å². The SMILES string of the molecule is CN1CCCN(C=O)c2cnccc21. The number of rotatable bonds is 1. The summed E-state index contributed by atoms with van der Waals surface area (Å²) in [5, 5.41) is 0. The van der Waals surface area contributed by atoms with Crippen LogP contribution in [-0.4, -0.2) is 31.5 Å². The first-order chi connectivity index (χ1) is 6.83. The van der Waals surface area contributed by atoms with Gasteiger partial charge in [-0.05, 0) is 12.5 Å². The Morgan fingerprint density at radius 2 is 2.29 bits per heavy atom. The highest BCUT2D eigenvalue weighted by Crippen LogP contribution is 2.28. The third-order valence-corrected chi connectivity index (χ3v) is 2.52. The molecule has 74 valence electrons. The van der Waals surface area contributed by atoms with Crippen molar-refractivity contribution in [3.8, 4) is 0 Å². The molecule has 0 radical (unpaired) electrons. The Balaban J connectivity index is 2.46. The number of carbonyl (C=O) groups excluding carboxylic acids is 1. The van der Waals surface area contributed by atoms with Gasteiger partial charge in [-0.3, -0.25) is 9.78 Å². The zero-order valence-corrected chi connectivity index (χ0v) is 8.18. The summed E-state index contributed by atoms with van der Waals surface area (Å²) < 4.78 is 0. The standard InChI is InChI=1S/C10H13N3O/c1-12-5-2-6-13(8-14)10-7-11-4-3-9(10)12/h3-4,7-8H,2,5-6H2,1H3. The van der Waals surface area contributed by atoms with Crippen molar-refractivity contribution in [1.82, 2.24) is 4.98 Å². The van der Waals surface area contributed by atoms with Crippen LogP contribution in [-0.2, 0) is 4.79 Å². The highest BCUT2D eigenvalue weighted by Gasteiger charge is 2.17. The van der Waals surface area contributed by atoms with Crippen LogP contribution < -0.4 is 9.80 Å². The van der Waals surface area contributed by atoms with Gasteiger partial charge in [0.05, 0.1) is 17.6 Å². The molecule has 1 aromatic rings. The van der Waals surface area contributed by atoms with Crippen LogP contribution in [0.2, 0.25) is 0 Å². The molecule has 1 aliphatic heterocycles. The molecular weight excluding hydrogens is 178 g/mol. The molecule has 1 aliphatic rings. The average molecular weight is 191 g/mol. The minimum atomic E-state index is 0.770. The molecule has 14 heavy (non-hydrogen) atoms. The number of aromatic nitrogens is 1. The van der Waals surface area contributed by atoms with E-state index < -0.39 is 0 Å². The maximum absolute atomic E-state index is 10.9. The van der Waals surface area contributed by atoms with Crippen molar-refractivity contribution in [2.75, 3.05) is 29.9 Å². The van der Waals surface area contributed by atoms with Gasteiger partial charge in [-0.15, -0.1) is 0 Å². The van der Waals surface area contributed by atoms with Crippen molar-refractivity contribution in [3.63, 3.8) is 0 Å². The zero-order chi connectivity index (χ0) is 9.97. The van der Waals surface area contributed by atoms with Gasteiger partial charge < -0.3 is 9.80 Å². The monoisotopic (exact) mass is 191 g/mol. The molecule has 2 heterocycles. The fourth-order valence-corrected chi connectivity index (χ4v) is 1.75. The lowest BCUT2D eigenvalue weighted by Crippen LogP contribution is -2.21. The largest absolute Gasteiger partial charge is 0.373 e. The lowest BCUT2D eigenvalue weighted by atomic mass is 10.3. The van der Waals surface area contributed by atoms with E-state index in [1.807, 2.05) is 13.1 Å². The van der Waals surface area contributed by atoms with Crippen LogP contribution in [0.3, 0.4) is 0 Å². The number of amides is 1. The predicted molar refractivity (Wildman–Crippen MR) is 55.5 cm³/mol. The molecule has 0 atom stereocenters. The topological polar surface area (TPSA) is 36.4 Å². The highest BCUT2D eigenvalue weighted by atomic mass is 16.1. The molecule has 0 aliphatic carbocycles. The van der Waals surface area contributed by atoms with E-state index in [1.54, 1.807) is 17.3 Å². The van der Waals surface area contributed by atoms with E-state index in [4.69, 9.17) is 0 Å². The smallest absolute Gasteiger partial charge is 0.214 e. The molecule has 1 amide bonds. The first kappa shape index (κ1) is 8.99. The molecule has 4 heteroatoms. The zero-order valence-electron chi connectivity index (χ0n) is 8.18. The summed E-state index contributed by atoms with van der Waals surface area (Å²) in [6.45, 7) is 1.74. The van der Waals surface area contributed by atoms with Gasteiger partial charge in [0.25, 0.3) is 0 Å². The van der Waals surface area contributed by atoms with Crippen LogP contribution in [0.4, 0.5) is 11.4 Å². The molecule has 0 aromatic carbocycles. The maximum Gasteiger partial charge on any atom is 0.214 e. The fraction of sp³-hybridized carbons (Fsp3) is 0.400. The molecule has 0 N–H and O–H groups in total. The van der Waals surface area contributed by atoms with Crippen molar-refractivity contribution in [1.29, 1.82) is 0 Å². The Bertz CT molecular complexity index is 340. The van der Waals surface area contributed by atoms with Gasteiger partial charge in [0, 0.05) is 26.3 Å². The lowest BCUT2D eigenvalue weighted by Gasteiger charge is -2.20. The summed E-state index contributed by atoms with van der Waals surface area (Å²) >= 11 is 0. The van der Waals surface area contributed by atoms with E-state index in [1.165, 1.54) is 0 Å². The minimum absolute atomic E-state index is 0.770. The number of fused-ring (bicyclic) bond motifs is 1. The van der Waals surface area contributed by atoms with Crippen LogP contribution in [0, 0.1) is 0 Å². The van der Waals surface area contributed by atoms with E-state index in [9.17, 15) is 4.79 Å². The Morgan fingerprint density at radius 1 is 1.43 bits per heavy atom. The number of hydrogen-bond acceptors (Lipinski definition) is 3. The molecule has 2 rings (SSSR count). The first-order valence-corrected chi connectivity index (χ1v) is 4.70. The third kappa shape index (κ3) is 1.43. The van der Waals surface area contributed by atoms with E-state index in [0.717, 1.165) is 37.3 Å². The molecule has 0 saturated carbocycles. The van der Waals surface area contributed by atoms with Crippen LogP contribution in [0.1, 0.15) is 6.42 Å². The van der Waals surface area contributed by atoms with Crippen molar-refractivity contribution < 1.29 is 4.79 Å². The van der Waals surface area contributed by atoms with Gasteiger partial charge in [-0.2, -0.15) is 0 Å². The highest BCUT2D eigenvalue weighted by molar-refractivity contribution is 5.83. The second kappa shape index (κ2) is 3.65. The summed E-state index contributed by atoms with van der Waals surface area (Å²) in [5.74, 6) is 0. The number of pyridine rings is 1. The number of anilines is 2. The fourth-order valence-electron chi connectivity index (χ4n) is 1.75. The van der Waals surface area contributed by atoms with Crippen molar-refractivity contribution in [2.45, 2.75) is 6.42 Å². The van der Waals surface area contributed by atoms with Gasteiger partial charge in [-0.1, -0.05) is 0 Å². The average Bonchev–Trinajstić information content (AvgIpc) is 2.39. The number of carbonyl (C=O) groups is 1. The van der Waals surface area contributed by atoms with Crippen LogP contribution >= 0.6 is 0 Å². The molecule has 0 saturated heterocycles. The van der Waals surface area contributed by atoms with Gasteiger partial charge >= 0.3 is 0 Å². The van der Waals surface area contributed by atoms with E-state index >= 15 is 0 Å². The van der Waals surface area contributed by atoms with E-state index in [0.29, 0.717) is 0 Å². The lowest BCUT2D eigenvalue weighted by molar-refractivity contribution is -0.107. The summed E-state index contributed by atoms with van der Waals surface area (Å²) in [7, 11) is 2.03. The molecule has 0 unspecified atom stereocenters. The Labute approximate surface area is 83.2 Å². The quantitative estimate of drug-likeness (QED) is 0.618. The number of nitrogens with zero attached hydrogens (tertiary/aromatic N) is 3. The first-order valence-electron chi connectivity index (χ1n) is 4.70.